The van der Waals surface area contributed by atoms with E-state index < -0.39 is 0 Å². The van der Waals surface area contributed by atoms with Crippen LogP contribution in [0, 0.1) is 13.8 Å². The normalized spacial score (nSPS) is 10.6. The van der Waals surface area contributed by atoms with Crippen LogP contribution >= 0.6 is 0 Å². The lowest BCUT2D eigenvalue weighted by atomic mass is 10.0. The maximum absolute atomic E-state index is 12.3. The number of urea groups is 1. The van der Waals surface area contributed by atoms with Gasteiger partial charge in [-0.2, -0.15) is 0 Å². The van der Waals surface area contributed by atoms with Gasteiger partial charge in [0.2, 0.25) is 5.89 Å². The van der Waals surface area contributed by atoms with Crippen molar-refractivity contribution in [3.63, 3.8) is 0 Å². The number of nitrogens with one attached hydrogen (secondary N) is 2. The third kappa shape index (κ3) is 4.98. The quantitative estimate of drug-likeness (QED) is 0.360. The van der Waals surface area contributed by atoms with Gasteiger partial charge in [0.15, 0.2) is 0 Å². The Kier molecular flexibility index (Phi) is 6.22. The summed E-state index contributed by atoms with van der Waals surface area (Å²) in [4.78, 5) is 16.9. The highest BCUT2D eigenvalue weighted by atomic mass is 16.5. The van der Waals surface area contributed by atoms with Crippen LogP contribution in [0.4, 0.5) is 16.2 Å². The van der Waals surface area contributed by atoms with Gasteiger partial charge < -0.3 is 19.8 Å². The number of anilines is 2. The number of carbonyl (C=O) groups is 1. The number of amides is 2. The summed E-state index contributed by atoms with van der Waals surface area (Å²) in [5.41, 5.74) is 6.36. The summed E-state index contributed by atoms with van der Waals surface area (Å²) in [5, 5.41) is 5.62. The van der Waals surface area contributed by atoms with Gasteiger partial charge in [-0.1, -0.05) is 17.7 Å². The molecule has 1 aromatic heterocycles. The fourth-order valence-electron chi connectivity index (χ4n) is 3.33. The minimum absolute atomic E-state index is 0.324. The molecule has 2 N–H and O–H groups in total. The Morgan fingerprint density at radius 2 is 1.59 bits per heavy atom. The van der Waals surface area contributed by atoms with Gasteiger partial charge in [0.1, 0.15) is 17.7 Å². The van der Waals surface area contributed by atoms with Gasteiger partial charge in [-0.25, -0.2) is 9.78 Å². The number of oxazole rings is 1. The van der Waals surface area contributed by atoms with Crippen LogP contribution in [0.1, 0.15) is 18.1 Å². The minimum Gasteiger partial charge on any atom is -0.494 e. The highest BCUT2D eigenvalue weighted by molar-refractivity contribution is 5.99. The second-order valence-electron chi connectivity index (χ2n) is 7.47. The molecule has 0 aliphatic carbocycles. The van der Waals surface area contributed by atoms with Crippen molar-refractivity contribution in [1.82, 2.24) is 4.98 Å². The highest BCUT2D eigenvalue weighted by Gasteiger charge is 2.11. The number of hydrogen-bond donors (Lipinski definition) is 2. The number of aromatic nitrogens is 1. The fourth-order valence-corrected chi connectivity index (χ4v) is 3.33. The second kappa shape index (κ2) is 9.39. The van der Waals surface area contributed by atoms with Crippen molar-refractivity contribution in [1.29, 1.82) is 0 Å². The Morgan fingerprint density at radius 1 is 0.938 bits per heavy atom. The summed E-state index contributed by atoms with van der Waals surface area (Å²) in [7, 11) is 0. The lowest BCUT2D eigenvalue weighted by molar-refractivity contribution is 0.262. The molecular formula is C26H25N3O3. The molecule has 3 aromatic carbocycles. The van der Waals surface area contributed by atoms with Gasteiger partial charge in [0.05, 0.1) is 6.61 Å². The van der Waals surface area contributed by atoms with Gasteiger partial charge in [0, 0.05) is 22.5 Å². The monoisotopic (exact) mass is 427 g/mol. The Hall–Kier alpha value is -4.06. The molecule has 0 bridgehead atoms. The number of hydrogen-bond acceptors (Lipinski definition) is 4. The molecule has 0 aliphatic heterocycles. The molecule has 0 saturated heterocycles. The molecule has 0 atom stereocenters. The predicted molar refractivity (Wildman–Crippen MR) is 127 cm³/mol. The summed E-state index contributed by atoms with van der Waals surface area (Å²) in [6, 6.07) is 20.5. The first-order chi connectivity index (χ1) is 15.5. The molecule has 0 unspecified atom stereocenters. The Bertz CT molecular complexity index is 1210. The van der Waals surface area contributed by atoms with Crippen LogP contribution in [-0.4, -0.2) is 17.6 Å². The number of benzene rings is 3. The molecule has 6 heteroatoms. The van der Waals surface area contributed by atoms with Gasteiger partial charge in [-0.3, -0.25) is 0 Å². The first-order valence-electron chi connectivity index (χ1n) is 10.5. The average Bonchev–Trinajstić information content (AvgIpc) is 3.27. The number of nitrogens with zero attached hydrogens (tertiary/aromatic N) is 1. The number of carbonyl (C=O) groups excluding carboxylic acids is 1. The van der Waals surface area contributed by atoms with E-state index >= 15 is 0 Å². The Balaban J connectivity index is 1.40. The van der Waals surface area contributed by atoms with Crippen LogP contribution in [0.2, 0.25) is 0 Å². The van der Waals surface area contributed by atoms with E-state index in [1.807, 2.05) is 43.3 Å². The highest BCUT2D eigenvalue weighted by Crippen LogP contribution is 2.28. The molecule has 2 amide bonds. The van der Waals surface area contributed by atoms with Crippen LogP contribution in [-0.2, 0) is 0 Å². The molecule has 6 nitrogen and oxygen atoms in total. The number of rotatable bonds is 6. The van der Waals surface area contributed by atoms with E-state index in [0.717, 1.165) is 28.1 Å². The van der Waals surface area contributed by atoms with E-state index in [2.05, 4.69) is 47.7 Å². The van der Waals surface area contributed by atoms with Crippen molar-refractivity contribution in [2.75, 3.05) is 17.2 Å². The van der Waals surface area contributed by atoms with Crippen molar-refractivity contribution in [2.45, 2.75) is 20.8 Å². The van der Waals surface area contributed by atoms with Crippen molar-refractivity contribution >= 4 is 17.4 Å². The Labute approximate surface area is 187 Å². The van der Waals surface area contributed by atoms with Crippen LogP contribution < -0.4 is 15.4 Å². The van der Waals surface area contributed by atoms with E-state index in [-0.39, 0.29) is 6.03 Å². The second-order valence-corrected chi connectivity index (χ2v) is 7.47. The summed E-state index contributed by atoms with van der Waals surface area (Å²) in [6.07, 6.45) is 1.67. The molecule has 0 fully saturated rings. The van der Waals surface area contributed by atoms with Crippen molar-refractivity contribution < 1.29 is 13.9 Å². The summed E-state index contributed by atoms with van der Waals surface area (Å²) < 4.78 is 11.1. The maximum Gasteiger partial charge on any atom is 0.323 e. The molecule has 4 rings (SSSR count). The molecule has 1 heterocycles. The van der Waals surface area contributed by atoms with E-state index in [1.165, 1.54) is 5.56 Å². The molecule has 32 heavy (non-hydrogen) atoms. The average molecular weight is 428 g/mol. The van der Waals surface area contributed by atoms with E-state index in [4.69, 9.17) is 9.15 Å². The molecule has 0 aliphatic rings. The standard InChI is InChI=1S/C26H25N3O3/c1-4-31-22-13-11-21(12-14-22)28-26(30)27-20-9-7-19(8-10-20)25-29-24(16-32-25)23-15-17(2)5-6-18(23)3/h5-16H,4H2,1-3H3,(H2,27,28,30). The van der Waals surface area contributed by atoms with E-state index in [0.29, 0.717) is 23.9 Å². The molecule has 4 aromatic rings. The molecule has 0 radical (unpaired) electrons. The van der Waals surface area contributed by atoms with Gasteiger partial charge in [-0.15, -0.1) is 0 Å². The maximum atomic E-state index is 12.3. The first kappa shape index (κ1) is 21.2. The largest absolute Gasteiger partial charge is 0.494 e. The fraction of sp³-hybridized carbons (Fsp3) is 0.154. The van der Waals surface area contributed by atoms with Crippen LogP contribution in [0.25, 0.3) is 22.7 Å². The van der Waals surface area contributed by atoms with Crippen molar-refractivity contribution in [3.8, 4) is 28.5 Å². The third-order valence-electron chi connectivity index (χ3n) is 4.99. The summed E-state index contributed by atoms with van der Waals surface area (Å²) in [6.45, 7) is 6.64. The lowest BCUT2D eigenvalue weighted by Gasteiger charge is -2.09. The topological polar surface area (TPSA) is 76.4 Å². The SMILES string of the molecule is CCOc1ccc(NC(=O)Nc2ccc(-c3nc(-c4cc(C)ccc4C)co3)cc2)cc1. The number of aryl methyl sites for hydroxylation is 2. The third-order valence-corrected chi connectivity index (χ3v) is 4.99. The van der Waals surface area contributed by atoms with Crippen molar-refractivity contribution in [2.24, 2.45) is 0 Å². The zero-order chi connectivity index (χ0) is 22.5. The lowest BCUT2D eigenvalue weighted by Crippen LogP contribution is -2.19. The molecule has 162 valence electrons. The minimum atomic E-state index is -0.324. The van der Waals surface area contributed by atoms with Gasteiger partial charge >= 0.3 is 6.03 Å². The molecule has 0 saturated carbocycles. The Morgan fingerprint density at radius 3 is 2.25 bits per heavy atom. The van der Waals surface area contributed by atoms with Crippen LogP contribution in [0.5, 0.6) is 5.75 Å². The van der Waals surface area contributed by atoms with E-state index in [9.17, 15) is 4.79 Å². The summed E-state index contributed by atoms with van der Waals surface area (Å²) >= 11 is 0. The first-order valence-corrected chi connectivity index (χ1v) is 10.5. The van der Waals surface area contributed by atoms with Gasteiger partial charge in [0.25, 0.3) is 0 Å². The smallest absolute Gasteiger partial charge is 0.323 e. The van der Waals surface area contributed by atoms with E-state index in [1.54, 1.807) is 18.4 Å². The van der Waals surface area contributed by atoms with Crippen LogP contribution in [0.15, 0.2) is 77.4 Å². The zero-order valence-electron chi connectivity index (χ0n) is 18.3. The van der Waals surface area contributed by atoms with Gasteiger partial charge in [-0.05, 0) is 80.9 Å². The zero-order valence-corrected chi connectivity index (χ0v) is 18.3. The molecule has 0 spiro atoms. The van der Waals surface area contributed by atoms with Crippen molar-refractivity contribution in [3.05, 3.63) is 84.1 Å². The van der Waals surface area contributed by atoms with Crippen LogP contribution in [0.3, 0.4) is 0 Å². The predicted octanol–water partition coefficient (Wildman–Crippen LogP) is 6.67. The summed E-state index contributed by atoms with van der Waals surface area (Å²) in [5.74, 6) is 1.30. The molecular weight excluding hydrogens is 402 g/mol. The number of ether oxygens (including phenoxy) is 1.